The van der Waals surface area contributed by atoms with Gasteiger partial charge in [-0.25, -0.2) is 0 Å². The third-order valence-electron chi connectivity index (χ3n) is 10.4. The lowest BCUT2D eigenvalue weighted by Crippen LogP contribution is -2.67. The van der Waals surface area contributed by atoms with Crippen molar-refractivity contribution in [1.29, 1.82) is 0 Å². The van der Waals surface area contributed by atoms with Gasteiger partial charge in [-0.3, -0.25) is 47.9 Å². The van der Waals surface area contributed by atoms with E-state index >= 15 is 0 Å². The van der Waals surface area contributed by atoms with Crippen LogP contribution in [0.2, 0.25) is 0 Å². The number of carbonyl (C=O) groups is 10. The largest absolute Gasteiger partial charge is 0.492 e. The maximum Gasteiger partial charge on any atom is 0.303 e. The van der Waals surface area contributed by atoms with Crippen molar-refractivity contribution in [1.82, 2.24) is 0 Å². The first-order valence-corrected chi connectivity index (χ1v) is 22.1. The van der Waals surface area contributed by atoms with Crippen molar-refractivity contribution in [3.05, 3.63) is 12.3 Å². The van der Waals surface area contributed by atoms with E-state index in [9.17, 15) is 47.9 Å². The first kappa shape index (κ1) is 57.6. The second kappa shape index (κ2) is 25.9. The molecule has 0 bridgehead atoms. The van der Waals surface area contributed by atoms with E-state index in [-0.39, 0.29) is 0 Å². The predicted molar refractivity (Wildman–Crippen MR) is 224 cm³/mol. The van der Waals surface area contributed by atoms with Crippen LogP contribution in [0.5, 0.6) is 0 Å². The summed E-state index contributed by atoms with van der Waals surface area (Å²) < 4.78 is 99.1. The van der Waals surface area contributed by atoms with E-state index in [4.69, 9.17) is 80.5 Å². The molecule has 0 N–H and O–H groups in total. The zero-order valence-corrected chi connectivity index (χ0v) is 41.0. The van der Waals surface area contributed by atoms with E-state index in [1.807, 2.05) is 0 Å². The summed E-state index contributed by atoms with van der Waals surface area (Å²) in [5.74, 6) is -8.83. The van der Waals surface area contributed by atoms with Gasteiger partial charge in [0.1, 0.15) is 31.5 Å². The summed E-state index contributed by atoms with van der Waals surface area (Å²) in [5, 5.41) is 0. The van der Waals surface area contributed by atoms with Crippen LogP contribution in [-0.2, 0) is 128 Å². The fourth-order valence-electron chi connectivity index (χ4n) is 7.99. The number of esters is 10. The minimum absolute atomic E-state index is 0.567. The van der Waals surface area contributed by atoms with Gasteiger partial charge in [0.2, 0.25) is 0 Å². The summed E-state index contributed by atoms with van der Waals surface area (Å²) in [5.41, 5.74) is 0. The summed E-state index contributed by atoms with van der Waals surface area (Å²) in [7, 11) is 0. The van der Waals surface area contributed by atoms with Crippen LogP contribution < -0.4 is 0 Å². The predicted octanol–water partition coefficient (Wildman–Crippen LogP) is -0.151. The quantitative estimate of drug-likeness (QED) is 0.127. The van der Waals surface area contributed by atoms with Gasteiger partial charge >= 0.3 is 59.7 Å². The topological polar surface area (TPSA) is 328 Å². The minimum Gasteiger partial charge on any atom is -0.492 e. The third-order valence-corrected chi connectivity index (χ3v) is 10.4. The van der Waals surface area contributed by atoms with Crippen molar-refractivity contribution in [2.24, 2.45) is 0 Å². The SMILES string of the molecule is CC(=O)OCC1O[C@@H](OC2C(COC(C)=O)OC=C[C@H]2O[C@@H]2OC(C)C(OC(C)=O)[C@H](OC(C)=O)C2OC(C)=O)C(OC2OC(C)[C@@H](OC(C)=O)C(OC(C)=O)[C@H]2OC(C)=O)[C@@H](OC(C)=O)C1OC(C)=O. The van der Waals surface area contributed by atoms with Gasteiger partial charge in [-0.2, -0.15) is 0 Å². The van der Waals surface area contributed by atoms with E-state index in [2.05, 4.69) is 0 Å². The number of hydrogen-bond donors (Lipinski definition) is 0. The molecule has 398 valence electrons. The van der Waals surface area contributed by atoms with Crippen LogP contribution in [-0.4, -0.2) is 183 Å². The van der Waals surface area contributed by atoms with Gasteiger partial charge in [0.05, 0.1) is 18.5 Å². The lowest BCUT2D eigenvalue weighted by atomic mass is 9.96. The van der Waals surface area contributed by atoms with Gasteiger partial charge in [-0.15, -0.1) is 0 Å². The number of carbonyl (C=O) groups excluding carboxylic acids is 10. The van der Waals surface area contributed by atoms with Gasteiger partial charge in [0.15, 0.2) is 79.9 Å². The third kappa shape index (κ3) is 16.5. The molecule has 4 heterocycles. The maximum absolute atomic E-state index is 13.0. The summed E-state index contributed by atoms with van der Waals surface area (Å²) in [4.78, 5) is 125. The van der Waals surface area contributed by atoms with E-state index < -0.39 is 183 Å². The zero-order chi connectivity index (χ0) is 53.0. The second-order valence-corrected chi connectivity index (χ2v) is 16.5. The Morgan fingerprint density at radius 2 is 0.676 bits per heavy atom. The monoisotopic (exact) mass is 1020 g/mol. The Bertz CT molecular complexity index is 1990. The molecule has 3 saturated heterocycles. The van der Waals surface area contributed by atoms with E-state index in [1.54, 1.807) is 0 Å². The maximum atomic E-state index is 13.0. The number of rotatable bonds is 18. The molecule has 4 aliphatic heterocycles. The molecule has 27 nitrogen and oxygen atoms in total. The highest BCUT2D eigenvalue weighted by Crippen LogP contribution is 2.38. The number of hydrogen-bond acceptors (Lipinski definition) is 27. The molecule has 0 aliphatic carbocycles. The minimum atomic E-state index is -1.97. The molecule has 0 radical (unpaired) electrons. The highest BCUT2D eigenvalue weighted by molar-refractivity contribution is 5.70. The Morgan fingerprint density at radius 3 is 1.08 bits per heavy atom. The molecule has 4 aliphatic rings. The Morgan fingerprint density at radius 1 is 0.352 bits per heavy atom. The molecular formula is C44H60O27. The molecule has 11 unspecified atom stereocenters. The van der Waals surface area contributed by atoms with Crippen LogP contribution >= 0.6 is 0 Å². The molecule has 4 rings (SSSR count). The van der Waals surface area contributed by atoms with Crippen molar-refractivity contribution in [3.63, 3.8) is 0 Å². The highest BCUT2D eigenvalue weighted by atomic mass is 16.8. The Hall–Kier alpha value is -6.00. The molecule has 0 aromatic carbocycles. The fraction of sp³-hybridized carbons (Fsp3) is 0.727. The molecular weight excluding hydrogens is 960 g/mol. The average Bonchev–Trinajstić information content (AvgIpc) is 3.23. The van der Waals surface area contributed by atoms with Crippen molar-refractivity contribution in [2.75, 3.05) is 13.2 Å². The lowest BCUT2D eigenvalue weighted by Gasteiger charge is -2.49. The number of ether oxygens (including phenoxy) is 17. The first-order chi connectivity index (χ1) is 33.2. The Labute approximate surface area is 406 Å². The van der Waals surface area contributed by atoms with Crippen molar-refractivity contribution in [3.8, 4) is 0 Å². The van der Waals surface area contributed by atoms with Crippen molar-refractivity contribution < 1.29 is 128 Å². The normalized spacial score (nSPS) is 34.4. The molecule has 71 heavy (non-hydrogen) atoms. The Kier molecular flexibility index (Phi) is 21.0. The van der Waals surface area contributed by atoms with Gasteiger partial charge in [-0.05, 0) is 19.9 Å². The van der Waals surface area contributed by atoms with Crippen molar-refractivity contribution in [2.45, 2.75) is 194 Å². The van der Waals surface area contributed by atoms with Crippen LogP contribution in [0, 0.1) is 0 Å². The lowest BCUT2D eigenvalue weighted by molar-refractivity contribution is -0.379. The van der Waals surface area contributed by atoms with Crippen LogP contribution in [0.1, 0.15) is 83.1 Å². The molecule has 3 fully saturated rings. The van der Waals surface area contributed by atoms with E-state index in [0.717, 1.165) is 75.5 Å². The summed E-state index contributed by atoms with van der Waals surface area (Å²) >= 11 is 0. The van der Waals surface area contributed by atoms with Crippen LogP contribution in [0.15, 0.2) is 12.3 Å². The molecule has 27 heteroatoms. The molecule has 0 amide bonds. The summed E-state index contributed by atoms with van der Waals surface area (Å²) in [6, 6.07) is 0. The van der Waals surface area contributed by atoms with Gasteiger partial charge in [-0.1, -0.05) is 0 Å². The van der Waals surface area contributed by atoms with Gasteiger partial charge in [0.25, 0.3) is 0 Å². The molecule has 0 saturated carbocycles. The summed E-state index contributed by atoms with van der Waals surface area (Å²) in [6.45, 7) is 12.1. The Balaban J connectivity index is 1.92. The molecule has 0 aromatic rings. The average molecular weight is 1020 g/mol. The summed E-state index contributed by atoms with van der Waals surface area (Å²) in [6.07, 6.45) is -26.1. The van der Waals surface area contributed by atoms with Crippen LogP contribution in [0.25, 0.3) is 0 Å². The van der Waals surface area contributed by atoms with Crippen molar-refractivity contribution >= 4 is 59.7 Å². The van der Waals surface area contributed by atoms with E-state index in [1.165, 1.54) is 19.9 Å². The highest BCUT2D eigenvalue weighted by Gasteiger charge is 2.59. The zero-order valence-electron chi connectivity index (χ0n) is 41.0. The van der Waals surface area contributed by atoms with Crippen LogP contribution in [0.4, 0.5) is 0 Å². The molecule has 0 aromatic heterocycles. The van der Waals surface area contributed by atoms with Gasteiger partial charge < -0.3 is 80.5 Å². The second-order valence-electron chi connectivity index (χ2n) is 16.5. The van der Waals surface area contributed by atoms with E-state index in [0.29, 0.717) is 0 Å². The van der Waals surface area contributed by atoms with Gasteiger partial charge in [0, 0.05) is 69.2 Å². The standard InChI is InChI=1S/C44H60O27/c1-17-32(60-21(5)47)36(63-24(8)50)39(66-27(11)53)42(58-17)68-29-13-14-55-30(15-56-19(3)45)34(29)70-44-41(38(65-26(10)52)35(62-23(7)49)31(69-44)16-57-20(4)46)71-43-40(67-28(12)54)37(64-25(9)51)33(18(2)59-43)61-22(6)48/h13-14,17-18,29-44H,15-16H2,1-12H3/t17?,18?,29-,30?,31?,32?,33-,34?,35?,36+,37?,38+,39?,40-,41?,42+,43?,44+/m1/s1. The smallest absolute Gasteiger partial charge is 0.303 e. The molecule has 18 atom stereocenters. The first-order valence-electron chi connectivity index (χ1n) is 22.1. The molecule has 0 spiro atoms. The fourth-order valence-corrected chi connectivity index (χ4v) is 7.99. The van der Waals surface area contributed by atoms with Crippen LogP contribution in [0.3, 0.4) is 0 Å².